The molecule has 0 spiro atoms. The van der Waals surface area contributed by atoms with Crippen LogP contribution < -0.4 is 5.32 Å². The number of benzene rings is 1. The van der Waals surface area contributed by atoms with Gasteiger partial charge in [0.1, 0.15) is 29.6 Å². The maximum atomic E-state index is 13.5. The van der Waals surface area contributed by atoms with Crippen LogP contribution in [0.15, 0.2) is 39.8 Å². The highest BCUT2D eigenvalue weighted by molar-refractivity contribution is 7.86. The molecule has 2 aromatic rings. The van der Waals surface area contributed by atoms with Gasteiger partial charge in [0.05, 0.1) is 12.2 Å². The highest BCUT2D eigenvalue weighted by atomic mass is 32.2. The quantitative estimate of drug-likeness (QED) is 0.373. The number of amides is 1. The molecule has 1 aromatic heterocycles. The van der Waals surface area contributed by atoms with Crippen LogP contribution >= 0.6 is 0 Å². The molecular formula is C25H35NO6S. The van der Waals surface area contributed by atoms with Crippen molar-refractivity contribution in [3.8, 4) is 0 Å². The van der Waals surface area contributed by atoms with Crippen molar-refractivity contribution < 1.29 is 26.5 Å². The Morgan fingerprint density at radius 2 is 1.64 bits per heavy atom. The second-order valence-electron chi connectivity index (χ2n) is 9.59. The summed E-state index contributed by atoms with van der Waals surface area (Å²) in [5, 5.41) is 2.67. The number of hydrogen-bond donors (Lipinski definition) is 1. The van der Waals surface area contributed by atoms with Crippen LogP contribution in [-0.4, -0.2) is 27.2 Å². The third-order valence-corrected chi connectivity index (χ3v) is 7.45. The van der Waals surface area contributed by atoms with Crippen LogP contribution in [0.3, 0.4) is 0 Å². The summed E-state index contributed by atoms with van der Waals surface area (Å²) in [5.41, 5.74) is 2.60. The number of furan rings is 1. The molecule has 7 nitrogen and oxygen atoms in total. The van der Waals surface area contributed by atoms with E-state index in [4.69, 9.17) is 13.3 Å². The van der Waals surface area contributed by atoms with E-state index >= 15 is 0 Å². The molecule has 0 bridgehead atoms. The number of carbonyl (C=O) groups is 1. The van der Waals surface area contributed by atoms with E-state index in [0.717, 1.165) is 16.7 Å². The van der Waals surface area contributed by atoms with E-state index in [2.05, 4.69) is 19.2 Å². The van der Waals surface area contributed by atoms with E-state index < -0.39 is 22.4 Å². The van der Waals surface area contributed by atoms with Gasteiger partial charge in [-0.2, -0.15) is 8.42 Å². The van der Waals surface area contributed by atoms with Gasteiger partial charge in [-0.05, 0) is 53.5 Å². The second-order valence-corrected chi connectivity index (χ2v) is 11.1. The van der Waals surface area contributed by atoms with Crippen molar-refractivity contribution in [2.75, 3.05) is 6.61 Å². The zero-order valence-corrected chi connectivity index (χ0v) is 21.2. The van der Waals surface area contributed by atoms with Crippen LogP contribution in [0, 0.1) is 5.92 Å². The van der Waals surface area contributed by atoms with E-state index in [-0.39, 0.29) is 41.1 Å². The maximum Gasteiger partial charge on any atom is 0.297 e. The first kappa shape index (κ1) is 25.5. The fourth-order valence-corrected chi connectivity index (χ4v) is 5.41. The lowest BCUT2D eigenvalue weighted by Gasteiger charge is -2.36. The van der Waals surface area contributed by atoms with Crippen LogP contribution in [0.4, 0.5) is 0 Å². The van der Waals surface area contributed by atoms with Crippen molar-refractivity contribution >= 4 is 16.0 Å². The van der Waals surface area contributed by atoms with Gasteiger partial charge in [0.15, 0.2) is 0 Å². The average molecular weight is 478 g/mol. The Hall–Kier alpha value is -2.16. The summed E-state index contributed by atoms with van der Waals surface area (Å²) in [4.78, 5) is 11.8. The Labute approximate surface area is 197 Å². The van der Waals surface area contributed by atoms with Crippen molar-refractivity contribution in [2.45, 2.75) is 83.4 Å². The van der Waals surface area contributed by atoms with Crippen LogP contribution in [-0.2, 0) is 23.8 Å². The summed E-state index contributed by atoms with van der Waals surface area (Å²) in [5.74, 6) is 0.259. The standard InChI is InChI=1S/C25H35NO6S/c1-14(2)18-11-19(15(3)4)23(20(12-18)16(5)6)33(28,29)31-13-22(21-9-8-10-30-21)32-25-17(7)24(27)26-25/h8-12,14-17,22,25H,13H2,1-7H3,(H,26,27)/t17-,22-,25-/m1/s1. The topological polar surface area (TPSA) is 94.8 Å². The summed E-state index contributed by atoms with van der Waals surface area (Å²) in [7, 11) is -4.10. The fraction of sp³-hybridized carbons (Fsp3) is 0.560. The number of carbonyl (C=O) groups excluding carboxylic acids is 1. The minimum atomic E-state index is -4.10. The maximum absolute atomic E-state index is 13.5. The van der Waals surface area contributed by atoms with E-state index in [1.165, 1.54) is 6.26 Å². The minimum Gasteiger partial charge on any atom is -0.466 e. The van der Waals surface area contributed by atoms with Crippen LogP contribution in [0.5, 0.6) is 0 Å². The normalized spacial score (nSPS) is 19.8. The molecule has 182 valence electrons. The highest BCUT2D eigenvalue weighted by Crippen LogP contribution is 2.36. The van der Waals surface area contributed by atoms with Gasteiger partial charge in [0, 0.05) is 0 Å². The van der Waals surface area contributed by atoms with Gasteiger partial charge in [0.25, 0.3) is 10.1 Å². The van der Waals surface area contributed by atoms with Gasteiger partial charge in [0.2, 0.25) is 5.91 Å². The van der Waals surface area contributed by atoms with Crippen molar-refractivity contribution in [1.82, 2.24) is 5.32 Å². The molecule has 0 unspecified atom stereocenters. The van der Waals surface area contributed by atoms with E-state index in [0.29, 0.717) is 5.76 Å². The zero-order valence-electron chi connectivity index (χ0n) is 20.4. The molecule has 8 heteroatoms. The third kappa shape index (κ3) is 5.50. The van der Waals surface area contributed by atoms with Gasteiger partial charge in [-0.15, -0.1) is 0 Å². The number of nitrogens with one attached hydrogen (secondary N) is 1. The zero-order chi connectivity index (χ0) is 24.5. The lowest BCUT2D eigenvalue weighted by Crippen LogP contribution is -2.58. The predicted molar refractivity (Wildman–Crippen MR) is 125 cm³/mol. The molecule has 1 amide bonds. The van der Waals surface area contributed by atoms with Crippen LogP contribution in [0.1, 0.15) is 94.8 Å². The highest BCUT2D eigenvalue weighted by Gasteiger charge is 2.39. The summed E-state index contributed by atoms with van der Waals surface area (Å²) in [6.07, 6.45) is 0.172. The monoisotopic (exact) mass is 477 g/mol. The van der Waals surface area contributed by atoms with E-state index in [1.54, 1.807) is 19.1 Å². The van der Waals surface area contributed by atoms with Crippen LogP contribution in [0.2, 0.25) is 0 Å². The molecular weight excluding hydrogens is 442 g/mol. The molecule has 3 atom stereocenters. The number of ether oxygens (including phenoxy) is 1. The Morgan fingerprint density at radius 1 is 1.03 bits per heavy atom. The molecule has 0 radical (unpaired) electrons. The molecule has 33 heavy (non-hydrogen) atoms. The first-order chi connectivity index (χ1) is 15.4. The SMILES string of the molecule is CC(C)c1cc(C(C)C)c(S(=O)(=O)OC[C@@H](O[C@H]2NC(=O)[C@H]2C)c2ccco2)c(C(C)C)c1. The van der Waals surface area contributed by atoms with Crippen molar-refractivity contribution in [2.24, 2.45) is 5.92 Å². The molecule has 1 saturated heterocycles. The molecule has 1 aromatic carbocycles. The van der Waals surface area contributed by atoms with Gasteiger partial charge in [-0.1, -0.05) is 53.7 Å². The summed E-state index contributed by atoms with van der Waals surface area (Å²) in [6.45, 7) is 13.6. The predicted octanol–water partition coefficient (Wildman–Crippen LogP) is 5.21. The summed E-state index contributed by atoms with van der Waals surface area (Å²) in [6, 6.07) is 7.34. The lowest BCUT2D eigenvalue weighted by molar-refractivity contribution is -0.163. The van der Waals surface area contributed by atoms with Gasteiger partial charge >= 0.3 is 0 Å². The largest absolute Gasteiger partial charge is 0.466 e. The Balaban J connectivity index is 1.93. The van der Waals surface area contributed by atoms with Crippen molar-refractivity contribution in [1.29, 1.82) is 0 Å². The minimum absolute atomic E-state index is 0.00210. The molecule has 0 saturated carbocycles. The molecule has 0 aliphatic carbocycles. The van der Waals surface area contributed by atoms with Crippen molar-refractivity contribution in [3.05, 3.63) is 53.0 Å². The smallest absolute Gasteiger partial charge is 0.297 e. The first-order valence-corrected chi connectivity index (χ1v) is 12.9. The van der Waals surface area contributed by atoms with E-state index in [9.17, 15) is 13.2 Å². The average Bonchev–Trinajstić information content (AvgIpc) is 3.29. The number of β-lactam (4-membered cyclic amide) rings is 1. The lowest BCUT2D eigenvalue weighted by atomic mass is 9.89. The van der Waals surface area contributed by atoms with Crippen molar-refractivity contribution in [3.63, 3.8) is 0 Å². The molecule has 1 fully saturated rings. The number of hydrogen-bond acceptors (Lipinski definition) is 6. The summed E-state index contributed by atoms with van der Waals surface area (Å²) >= 11 is 0. The third-order valence-electron chi connectivity index (χ3n) is 6.03. The van der Waals surface area contributed by atoms with Gasteiger partial charge in [-0.3, -0.25) is 8.98 Å². The molecule has 1 aliphatic rings. The Morgan fingerprint density at radius 3 is 2.06 bits per heavy atom. The molecule has 1 N–H and O–H groups in total. The first-order valence-electron chi connectivity index (χ1n) is 11.5. The second kappa shape index (κ2) is 9.99. The molecule has 2 heterocycles. The van der Waals surface area contributed by atoms with Crippen LogP contribution in [0.25, 0.3) is 0 Å². The summed E-state index contributed by atoms with van der Waals surface area (Å²) < 4.78 is 44.1. The Kier molecular flexibility index (Phi) is 7.71. The Bertz CT molecular complexity index is 1040. The molecule has 3 rings (SSSR count). The number of rotatable bonds is 10. The van der Waals surface area contributed by atoms with Gasteiger partial charge in [-0.25, -0.2) is 0 Å². The molecule has 1 aliphatic heterocycles. The van der Waals surface area contributed by atoms with Gasteiger partial charge < -0.3 is 14.5 Å². The fourth-order valence-electron chi connectivity index (χ4n) is 3.82. The van der Waals surface area contributed by atoms with E-state index in [1.807, 2.05) is 39.8 Å².